The molecular weight excluding hydrogens is 364 g/mol. The average Bonchev–Trinajstić information content (AvgIpc) is 2.68. The van der Waals surface area contributed by atoms with Crippen LogP contribution in [-0.4, -0.2) is 23.5 Å². The van der Waals surface area contributed by atoms with Gasteiger partial charge in [0.15, 0.2) is 0 Å². The number of aromatic hydroxyl groups is 1. The number of amides is 2. The second-order valence-electron chi connectivity index (χ2n) is 8.10. The maximum atomic E-state index is 12.4. The first kappa shape index (κ1) is 20.4. The molecule has 2 amide bonds. The van der Waals surface area contributed by atoms with Crippen LogP contribution in [-0.2, 0) is 10.2 Å². The van der Waals surface area contributed by atoms with Gasteiger partial charge in [-0.15, -0.1) is 0 Å². The van der Waals surface area contributed by atoms with Crippen molar-refractivity contribution in [2.75, 3.05) is 11.9 Å². The standard InChI is InChI=1S/C24H26N2O3/c1-24(2,3)19-10-11-21(27)20(15-19)26-22(28)12-13-25-23(29)18-9-8-16-6-4-5-7-17(16)14-18/h4-11,14-15,27H,12-13H2,1-3H3,(H,25,29)(H,26,28). The van der Waals surface area contributed by atoms with E-state index in [4.69, 9.17) is 0 Å². The summed E-state index contributed by atoms with van der Waals surface area (Å²) in [5, 5.41) is 17.6. The number of rotatable bonds is 5. The van der Waals surface area contributed by atoms with E-state index >= 15 is 0 Å². The Morgan fingerprint density at radius 1 is 0.931 bits per heavy atom. The van der Waals surface area contributed by atoms with Gasteiger partial charge in [0.05, 0.1) is 5.69 Å². The molecule has 0 aliphatic rings. The molecule has 5 nitrogen and oxygen atoms in total. The lowest BCUT2D eigenvalue weighted by molar-refractivity contribution is -0.116. The number of carbonyl (C=O) groups excluding carboxylic acids is 2. The van der Waals surface area contributed by atoms with E-state index in [1.807, 2.05) is 42.5 Å². The van der Waals surface area contributed by atoms with Crippen molar-refractivity contribution in [2.24, 2.45) is 0 Å². The highest BCUT2D eigenvalue weighted by atomic mass is 16.3. The van der Waals surface area contributed by atoms with Crippen molar-refractivity contribution in [1.82, 2.24) is 5.32 Å². The Labute approximate surface area is 170 Å². The van der Waals surface area contributed by atoms with E-state index in [-0.39, 0.29) is 35.9 Å². The molecule has 3 aromatic carbocycles. The molecule has 3 rings (SSSR count). The van der Waals surface area contributed by atoms with Crippen molar-refractivity contribution in [3.05, 3.63) is 71.8 Å². The lowest BCUT2D eigenvalue weighted by Crippen LogP contribution is -2.27. The first-order valence-electron chi connectivity index (χ1n) is 9.64. The molecule has 0 unspecified atom stereocenters. The maximum Gasteiger partial charge on any atom is 0.251 e. The van der Waals surface area contributed by atoms with Crippen LogP contribution in [0.15, 0.2) is 60.7 Å². The molecule has 0 aromatic heterocycles. The minimum Gasteiger partial charge on any atom is -0.506 e. The highest BCUT2D eigenvalue weighted by Gasteiger charge is 2.16. The van der Waals surface area contributed by atoms with Gasteiger partial charge in [-0.1, -0.05) is 57.2 Å². The predicted molar refractivity (Wildman–Crippen MR) is 116 cm³/mol. The van der Waals surface area contributed by atoms with Crippen LogP contribution in [0.1, 0.15) is 43.1 Å². The lowest BCUT2D eigenvalue weighted by atomic mass is 9.87. The number of benzene rings is 3. The van der Waals surface area contributed by atoms with Gasteiger partial charge in [0.2, 0.25) is 5.91 Å². The Bertz CT molecular complexity index is 1050. The summed E-state index contributed by atoms with van der Waals surface area (Å²) in [6, 6.07) is 18.5. The van der Waals surface area contributed by atoms with E-state index in [0.29, 0.717) is 11.3 Å². The number of fused-ring (bicyclic) bond motifs is 1. The van der Waals surface area contributed by atoms with Crippen LogP contribution in [0.25, 0.3) is 10.8 Å². The van der Waals surface area contributed by atoms with E-state index in [1.165, 1.54) is 0 Å². The van der Waals surface area contributed by atoms with E-state index in [9.17, 15) is 14.7 Å². The number of nitrogens with one attached hydrogen (secondary N) is 2. The summed E-state index contributed by atoms with van der Waals surface area (Å²) < 4.78 is 0. The number of hydrogen-bond acceptors (Lipinski definition) is 3. The van der Waals surface area contributed by atoms with Crippen molar-refractivity contribution in [3.8, 4) is 5.75 Å². The van der Waals surface area contributed by atoms with E-state index < -0.39 is 0 Å². The molecule has 150 valence electrons. The number of anilines is 1. The summed E-state index contributed by atoms with van der Waals surface area (Å²) in [5.74, 6) is -0.474. The van der Waals surface area contributed by atoms with Crippen molar-refractivity contribution in [3.63, 3.8) is 0 Å². The number of phenolic OH excluding ortho intramolecular Hbond substituents is 1. The summed E-state index contributed by atoms with van der Waals surface area (Å²) in [4.78, 5) is 24.6. The fourth-order valence-corrected chi connectivity index (χ4v) is 3.04. The number of hydrogen-bond donors (Lipinski definition) is 3. The molecule has 0 spiro atoms. The molecule has 3 N–H and O–H groups in total. The molecule has 0 heterocycles. The minimum absolute atomic E-state index is 0.0200. The maximum absolute atomic E-state index is 12.4. The highest BCUT2D eigenvalue weighted by molar-refractivity contribution is 5.99. The highest BCUT2D eigenvalue weighted by Crippen LogP contribution is 2.30. The first-order chi connectivity index (χ1) is 13.7. The van der Waals surface area contributed by atoms with E-state index in [0.717, 1.165) is 16.3 Å². The normalized spacial score (nSPS) is 11.3. The molecule has 0 radical (unpaired) electrons. The first-order valence-corrected chi connectivity index (χ1v) is 9.64. The molecule has 5 heteroatoms. The predicted octanol–water partition coefficient (Wildman–Crippen LogP) is 4.60. The second kappa shape index (κ2) is 8.35. The molecular formula is C24H26N2O3. The third-order valence-corrected chi connectivity index (χ3v) is 4.79. The number of phenols is 1. The Balaban J connectivity index is 1.56. The Kier molecular flexibility index (Phi) is 5.87. The van der Waals surface area contributed by atoms with Gasteiger partial charge in [-0.05, 0) is 46.0 Å². The number of carbonyl (C=O) groups is 2. The second-order valence-corrected chi connectivity index (χ2v) is 8.10. The summed E-state index contributed by atoms with van der Waals surface area (Å²) >= 11 is 0. The van der Waals surface area contributed by atoms with Crippen LogP contribution < -0.4 is 10.6 Å². The Morgan fingerprint density at radius 3 is 2.38 bits per heavy atom. The van der Waals surface area contributed by atoms with Crippen molar-refractivity contribution >= 4 is 28.3 Å². The third-order valence-electron chi connectivity index (χ3n) is 4.79. The molecule has 0 atom stereocenters. The molecule has 0 aliphatic carbocycles. The van der Waals surface area contributed by atoms with Gasteiger partial charge < -0.3 is 15.7 Å². The van der Waals surface area contributed by atoms with Gasteiger partial charge in [-0.2, -0.15) is 0 Å². The van der Waals surface area contributed by atoms with Crippen molar-refractivity contribution in [1.29, 1.82) is 0 Å². The Morgan fingerprint density at radius 2 is 1.66 bits per heavy atom. The zero-order chi connectivity index (χ0) is 21.0. The molecule has 0 fully saturated rings. The van der Waals surface area contributed by atoms with Gasteiger partial charge >= 0.3 is 0 Å². The molecule has 0 saturated carbocycles. The van der Waals surface area contributed by atoms with Crippen LogP contribution >= 0.6 is 0 Å². The van der Waals surface area contributed by atoms with Gasteiger partial charge in [0, 0.05) is 18.5 Å². The molecule has 29 heavy (non-hydrogen) atoms. The average molecular weight is 390 g/mol. The largest absolute Gasteiger partial charge is 0.506 e. The SMILES string of the molecule is CC(C)(C)c1ccc(O)c(NC(=O)CCNC(=O)c2ccc3ccccc3c2)c1. The lowest BCUT2D eigenvalue weighted by Gasteiger charge is -2.20. The fraction of sp³-hybridized carbons (Fsp3) is 0.250. The van der Waals surface area contributed by atoms with Crippen LogP contribution in [0.3, 0.4) is 0 Å². The van der Waals surface area contributed by atoms with Gasteiger partial charge in [-0.3, -0.25) is 9.59 Å². The molecule has 0 bridgehead atoms. The minimum atomic E-state index is -0.273. The third kappa shape index (κ3) is 5.13. The van der Waals surface area contributed by atoms with Crippen molar-refractivity contribution in [2.45, 2.75) is 32.6 Å². The van der Waals surface area contributed by atoms with Gasteiger partial charge in [-0.25, -0.2) is 0 Å². The smallest absolute Gasteiger partial charge is 0.251 e. The fourth-order valence-electron chi connectivity index (χ4n) is 3.04. The van der Waals surface area contributed by atoms with Crippen LogP contribution in [0, 0.1) is 0 Å². The summed E-state index contributed by atoms with van der Waals surface area (Å²) in [6.07, 6.45) is 0.110. The summed E-state index contributed by atoms with van der Waals surface area (Å²) in [7, 11) is 0. The van der Waals surface area contributed by atoms with Gasteiger partial charge in [0.1, 0.15) is 5.75 Å². The van der Waals surface area contributed by atoms with E-state index in [1.54, 1.807) is 18.2 Å². The van der Waals surface area contributed by atoms with Gasteiger partial charge in [0.25, 0.3) is 5.91 Å². The quantitative estimate of drug-likeness (QED) is 0.557. The monoisotopic (exact) mass is 390 g/mol. The summed E-state index contributed by atoms with van der Waals surface area (Å²) in [5.41, 5.74) is 1.85. The van der Waals surface area contributed by atoms with Crippen LogP contribution in [0.4, 0.5) is 5.69 Å². The van der Waals surface area contributed by atoms with Crippen LogP contribution in [0.2, 0.25) is 0 Å². The zero-order valence-corrected chi connectivity index (χ0v) is 17.0. The van der Waals surface area contributed by atoms with Crippen molar-refractivity contribution < 1.29 is 14.7 Å². The molecule has 0 saturated heterocycles. The van der Waals surface area contributed by atoms with Crippen LogP contribution in [0.5, 0.6) is 5.75 Å². The molecule has 3 aromatic rings. The van der Waals surface area contributed by atoms with E-state index in [2.05, 4.69) is 31.4 Å². The summed E-state index contributed by atoms with van der Waals surface area (Å²) in [6.45, 7) is 6.39. The topological polar surface area (TPSA) is 78.4 Å². The zero-order valence-electron chi connectivity index (χ0n) is 17.0. The Hall–Kier alpha value is -3.34. The molecule has 0 aliphatic heterocycles.